The van der Waals surface area contributed by atoms with E-state index >= 15 is 0 Å². The minimum absolute atomic E-state index is 0.115. The smallest absolute Gasteiger partial charge is 0.237 e. The Kier molecular flexibility index (Phi) is 6.15. The molecule has 1 aromatic heterocycles. The summed E-state index contributed by atoms with van der Waals surface area (Å²) in [5, 5.41) is 3.02. The highest BCUT2D eigenvalue weighted by Crippen LogP contribution is 2.25. The zero-order chi connectivity index (χ0) is 19.1. The summed E-state index contributed by atoms with van der Waals surface area (Å²) in [7, 11) is 0. The Morgan fingerprint density at radius 1 is 1.00 bits per heavy atom. The third kappa shape index (κ3) is 4.50. The van der Waals surface area contributed by atoms with Crippen LogP contribution in [0.3, 0.4) is 0 Å². The Balaban J connectivity index is 1.83. The summed E-state index contributed by atoms with van der Waals surface area (Å²) < 4.78 is 0. The van der Waals surface area contributed by atoms with E-state index in [0.717, 1.165) is 30.0 Å². The fourth-order valence-electron chi connectivity index (χ4n) is 3.13. The highest BCUT2D eigenvalue weighted by atomic mass is 16.1. The fraction of sp³-hybridized carbons (Fsp3) is 0.227. The molecule has 0 aliphatic heterocycles. The van der Waals surface area contributed by atoms with Gasteiger partial charge in [-0.25, -0.2) is 9.97 Å². The Morgan fingerprint density at radius 2 is 1.70 bits per heavy atom. The van der Waals surface area contributed by atoms with Crippen LogP contribution in [-0.4, -0.2) is 29.0 Å². The molecule has 0 spiro atoms. The monoisotopic (exact) mass is 360 g/mol. The largest absolute Gasteiger partial charge is 0.372 e. The first-order valence-electron chi connectivity index (χ1n) is 9.19. The maximum atomic E-state index is 13.1. The molecule has 3 rings (SSSR count). The molecule has 1 atom stereocenters. The normalized spacial score (nSPS) is 11.6. The molecule has 0 aliphatic rings. The number of hydrogen-bond donors (Lipinski definition) is 1. The van der Waals surface area contributed by atoms with Crippen molar-refractivity contribution >= 4 is 17.3 Å². The van der Waals surface area contributed by atoms with E-state index in [1.807, 2.05) is 54.6 Å². The average molecular weight is 360 g/mol. The highest BCUT2D eigenvalue weighted by molar-refractivity contribution is 5.98. The first-order chi connectivity index (χ1) is 13.2. The first kappa shape index (κ1) is 18.6. The van der Waals surface area contributed by atoms with E-state index in [4.69, 9.17) is 0 Å². The lowest BCUT2D eigenvalue weighted by molar-refractivity contribution is -0.116. The third-order valence-electron chi connectivity index (χ3n) is 4.56. The summed E-state index contributed by atoms with van der Waals surface area (Å²) in [6.07, 6.45) is 3.13. The number of carbonyl (C=O) groups is 1. The van der Waals surface area contributed by atoms with Gasteiger partial charge in [0.2, 0.25) is 5.91 Å². The van der Waals surface area contributed by atoms with Crippen LogP contribution in [-0.2, 0) is 4.79 Å². The number of benzene rings is 2. The summed E-state index contributed by atoms with van der Waals surface area (Å²) in [5.74, 6) is -0.604. The predicted molar refractivity (Wildman–Crippen MR) is 109 cm³/mol. The van der Waals surface area contributed by atoms with Crippen LogP contribution in [0.15, 0.2) is 73.2 Å². The van der Waals surface area contributed by atoms with Crippen molar-refractivity contribution < 1.29 is 4.79 Å². The van der Waals surface area contributed by atoms with Gasteiger partial charge in [0.25, 0.3) is 0 Å². The fourth-order valence-corrected chi connectivity index (χ4v) is 3.13. The number of anilines is 2. The van der Waals surface area contributed by atoms with Crippen molar-refractivity contribution in [3.63, 3.8) is 0 Å². The van der Waals surface area contributed by atoms with E-state index in [0.29, 0.717) is 5.69 Å². The summed E-state index contributed by atoms with van der Waals surface area (Å²) in [5.41, 5.74) is 3.49. The molecular formula is C22H24N4O. The lowest BCUT2D eigenvalue weighted by atomic mass is 9.94. The highest BCUT2D eigenvalue weighted by Gasteiger charge is 2.24. The second-order valence-corrected chi connectivity index (χ2v) is 6.19. The lowest BCUT2D eigenvalue weighted by Gasteiger charge is -2.21. The summed E-state index contributed by atoms with van der Waals surface area (Å²) in [4.78, 5) is 23.6. The molecule has 1 N–H and O–H groups in total. The second-order valence-electron chi connectivity index (χ2n) is 6.19. The molecule has 0 saturated carbocycles. The van der Waals surface area contributed by atoms with Crippen molar-refractivity contribution in [2.24, 2.45) is 0 Å². The van der Waals surface area contributed by atoms with Gasteiger partial charge in [0.05, 0.1) is 5.69 Å². The molecule has 1 amide bonds. The number of hydrogen-bond acceptors (Lipinski definition) is 4. The minimum Gasteiger partial charge on any atom is -0.372 e. The van der Waals surface area contributed by atoms with E-state index in [2.05, 4.69) is 34.0 Å². The van der Waals surface area contributed by atoms with E-state index in [-0.39, 0.29) is 5.91 Å². The van der Waals surface area contributed by atoms with E-state index in [9.17, 15) is 4.79 Å². The van der Waals surface area contributed by atoms with Gasteiger partial charge in [0.1, 0.15) is 12.2 Å². The molecule has 138 valence electrons. The molecular weight excluding hydrogens is 336 g/mol. The Morgan fingerprint density at radius 3 is 2.30 bits per heavy atom. The Labute approximate surface area is 160 Å². The van der Waals surface area contributed by atoms with E-state index < -0.39 is 5.92 Å². The van der Waals surface area contributed by atoms with Gasteiger partial charge in [0.15, 0.2) is 0 Å². The Bertz CT molecular complexity index is 807. The van der Waals surface area contributed by atoms with Gasteiger partial charge < -0.3 is 10.2 Å². The zero-order valence-corrected chi connectivity index (χ0v) is 15.7. The number of carbonyl (C=O) groups excluding carboxylic acids is 1. The van der Waals surface area contributed by atoms with Crippen molar-refractivity contribution in [2.45, 2.75) is 19.8 Å². The van der Waals surface area contributed by atoms with Crippen LogP contribution in [0.5, 0.6) is 0 Å². The summed E-state index contributed by atoms with van der Waals surface area (Å²) in [6, 6.07) is 19.4. The van der Waals surface area contributed by atoms with Crippen molar-refractivity contribution in [1.29, 1.82) is 0 Å². The van der Waals surface area contributed by atoms with Gasteiger partial charge in [0, 0.05) is 30.7 Å². The molecule has 0 saturated heterocycles. The van der Waals surface area contributed by atoms with Crippen molar-refractivity contribution in [1.82, 2.24) is 9.97 Å². The first-order valence-corrected chi connectivity index (χ1v) is 9.19. The van der Waals surface area contributed by atoms with Crippen LogP contribution in [0.2, 0.25) is 0 Å². The van der Waals surface area contributed by atoms with Crippen LogP contribution < -0.4 is 10.2 Å². The second kappa shape index (κ2) is 8.94. The van der Waals surface area contributed by atoms with Gasteiger partial charge in [-0.15, -0.1) is 0 Å². The van der Waals surface area contributed by atoms with Gasteiger partial charge in [-0.1, -0.05) is 30.3 Å². The van der Waals surface area contributed by atoms with E-state index in [1.165, 1.54) is 6.33 Å². The van der Waals surface area contributed by atoms with Gasteiger partial charge in [-0.3, -0.25) is 4.79 Å². The molecule has 5 heteroatoms. The van der Waals surface area contributed by atoms with E-state index in [1.54, 1.807) is 12.3 Å². The zero-order valence-electron chi connectivity index (χ0n) is 15.7. The number of amides is 1. The summed E-state index contributed by atoms with van der Waals surface area (Å²) in [6.45, 7) is 6.16. The molecule has 0 radical (unpaired) electrons. The standard InChI is InChI=1S/C22H24N4O/c1-3-26(4-2)19-12-10-18(11-13-19)25-22(27)21(17-8-6-5-7-9-17)20-14-15-23-16-24-20/h5-16,21H,3-4H2,1-2H3,(H,25,27). The van der Waals surface area contributed by atoms with Gasteiger partial charge in [-0.05, 0) is 49.7 Å². The molecule has 0 fully saturated rings. The SMILES string of the molecule is CCN(CC)c1ccc(NC(=O)C(c2ccccc2)c2ccncn2)cc1. The van der Waals surface area contributed by atoms with Crippen molar-refractivity contribution in [3.05, 3.63) is 84.4 Å². The minimum atomic E-state index is -0.489. The lowest BCUT2D eigenvalue weighted by Crippen LogP contribution is -2.23. The van der Waals surface area contributed by atoms with Crippen LogP contribution in [0.4, 0.5) is 11.4 Å². The van der Waals surface area contributed by atoms with Crippen molar-refractivity contribution in [3.8, 4) is 0 Å². The maximum Gasteiger partial charge on any atom is 0.237 e. The number of rotatable bonds is 7. The molecule has 3 aromatic rings. The van der Waals surface area contributed by atoms with Crippen LogP contribution in [0, 0.1) is 0 Å². The van der Waals surface area contributed by atoms with Crippen molar-refractivity contribution in [2.75, 3.05) is 23.3 Å². The molecule has 2 aromatic carbocycles. The predicted octanol–water partition coefficient (Wildman–Crippen LogP) is 4.09. The molecule has 0 bridgehead atoms. The maximum absolute atomic E-state index is 13.1. The van der Waals surface area contributed by atoms with Crippen LogP contribution >= 0.6 is 0 Å². The topological polar surface area (TPSA) is 58.1 Å². The Hall–Kier alpha value is -3.21. The average Bonchev–Trinajstić information content (AvgIpc) is 2.72. The number of aromatic nitrogens is 2. The van der Waals surface area contributed by atoms with Crippen LogP contribution in [0.1, 0.15) is 31.0 Å². The third-order valence-corrected chi connectivity index (χ3v) is 4.56. The molecule has 0 aliphatic carbocycles. The summed E-state index contributed by atoms with van der Waals surface area (Å²) >= 11 is 0. The van der Waals surface area contributed by atoms with Gasteiger partial charge in [-0.2, -0.15) is 0 Å². The van der Waals surface area contributed by atoms with Crippen LogP contribution in [0.25, 0.3) is 0 Å². The quantitative estimate of drug-likeness (QED) is 0.689. The molecule has 1 heterocycles. The van der Waals surface area contributed by atoms with Gasteiger partial charge >= 0.3 is 0 Å². The molecule has 5 nitrogen and oxygen atoms in total. The molecule has 1 unspecified atom stereocenters. The number of nitrogens with zero attached hydrogens (tertiary/aromatic N) is 3. The number of nitrogens with one attached hydrogen (secondary N) is 1. The molecule has 27 heavy (non-hydrogen) atoms.